The van der Waals surface area contributed by atoms with Crippen LogP contribution in [0.3, 0.4) is 0 Å². The van der Waals surface area contributed by atoms with Crippen molar-refractivity contribution in [1.82, 2.24) is 4.90 Å². The second-order valence-corrected chi connectivity index (χ2v) is 6.85. The summed E-state index contributed by atoms with van der Waals surface area (Å²) in [6, 6.07) is 0. The van der Waals surface area contributed by atoms with Crippen molar-refractivity contribution in [3.63, 3.8) is 0 Å². The van der Waals surface area contributed by atoms with Crippen molar-refractivity contribution in [1.29, 1.82) is 0 Å². The van der Waals surface area contributed by atoms with E-state index in [4.69, 9.17) is 4.74 Å². The van der Waals surface area contributed by atoms with E-state index in [1.54, 1.807) is 0 Å². The Morgan fingerprint density at radius 2 is 2.17 bits per heavy atom. The molecule has 5 unspecified atom stereocenters. The van der Waals surface area contributed by atoms with Crippen molar-refractivity contribution >= 4 is 0 Å². The van der Waals surface area contributed by atoms with Crippen LogP contribution in [0.15, 0.2) is 0 Å². The highest BCUT2D eigenvalue weighted by atomic mass is 16.5. The SMILES string of the molecule is CN(CC(O)C1CCOC1)CC1CC2CCC1C2. The topological polar surface area (TPSA) is 32.7 Å². The summed E-state index contributed by atoms with van der Waals surface area (Å²) >= 11 is 0. The summed E-state index contributed by atoms with van der Waals surface area (Å²) in [5.74, 6) is 3.29. The third kappa shape index (κ3) is 2.73. The molecule has 18 heavy (non-hydrogen) atoms. The average Bonchev–Trinajstić information content (AvgIpc) is 3.06. The van der Waals surface area contributed by atoms with Crippen LogP contribution in [0.2, 0.25) is 0 Å². The Hall–Kier alpha value is -0.120. The third-order valence-corrected chi connectivity index (χ3v) is 5.44. The zero-order chi connectivity index (χ0) is 12.5. The molecule has 3 aliphatic rings. The second-order valence-electron chi connectivity index (χ2n) is 6.85. The number of hydrogen-bond acceptors (Lipinski definition) is 3. The number of aliphatic hydroxyl groups is 1. The molecule has 0 spiro atoms. The first-order valence-corrected chi connectivity index (χ1v) is 7.66. The molecule has 3 fully saturated rings. The lowest BCUT2D eigenvalue weighted by Gasteiger charge is -2.29. The molecule has 3 heteroatoms. The van der Waals surface area contributed by atoms with Gasteiger partial charge in [0.05, 0.1) is 12.7 Å². The number of hydrogen-bond donors (Lipinski definition) is 1. The molecule has 3 rings (SSSR count). The van der Waals surface area contributed by atoms with Crippen LogP contribution in [-0.4, -0.2) is 49.5 Å². The van der Waals surface area contributed by atoms with Crippen molar-refractivity contribution in [3.05, 3.63) is 0 Å². The lowest BCUT2D eigenvalue weighted by atomic mass is 9.88. The summed E-state index contributed by atoms with van der Waals surface area (Å²) in [5.41, 5.74) is 0. The molecule has 0 amide bonds. The zero-order valence-corrected chi connectivity index (χ0v) is 11.6. The van der Waals surface area contributed by atoms with Crippen molar-refractivity contribution in [2.45, 2.75) is 38.2 Å². The standard InChI is InChI=1S/C15H27NO2/c1-16(9-15(17)13-4-5-18-10-13)8-14-7-11-2-3-12(14)6-11/h11-15,17H,2-10H2,1H3. The van der Waals surface area contributed by atoms with Crippen LogP contribution < -0.4 is 0 Å². The van der Waals surface area contributed by atoms with Gasteiger partial charge in [-0.2, -0.15) is 0 Å². The lowest BCUT2D eigenvalue weighted by molar-refractivity contribution is 0.0562. The van der Waals surface area contributed by atoms with Gasteiger partial charge in [0.15, 0.2) is 0 Å². The molecule has 2 aliphatic carbocycles. The fourth-order valence-electron chi connectivity index (χ4n) is 4.40. The van der Waals surface area contributed by atoms with Crippen LogP contribution in [-0.2, 0) is 4.74 Å². The van der Waals surface area contributed by atoms with Crippen LogP contribution in [0.4, 0.5) is 0 Å². The molecule has 3 nitrogen and oxygen atoms in total. The Kier molecular flexibility index (Phi) is 3.92. The van der Waals surface area contributed by atoms with Gasteiger partial charge in [0.1, 0.15) is 0 Å². The molecule has 1 N–H and O–H groups in total. The minimum Gasteiger partial charge on any atom is -0.391 e. The highest BCUT2D eigenvalue weighted by Crippen LogP contribution is 2.48. The van der Waals surface area contributed by atoms with Crippen molar-refractivity contribution in [2.75, 3.05) is 33.4 Å². The van der Waals surface area contributed by atoms with Gasteiger partial charge in [0.2, 0.25) is 0 Å². The van der Waals surface area contributed by atoms with Gasteiger partial charge in [-0.15, -0.1) is 0 Å². The van der Waals surface area contributed by atoms with Gasteiger partial charge in [-0.1, -0.05) is 6.42 Å². The maximum Gasteiger partial charge on any atom is 0.0717 e. The van der Waals surface area contributed by atoms with Gasteiger partial charge in [0.25, 0.3) is 0 Å². The molecule has 1 saturated heterocycles. The normalized spacial score (nSPS) is 40.8. The van der Waals surface area contributed by atoms with Gasteiger partial charge >= 0.3 is 0 Å². The van der Waals surface area contributed by atoms with E-state index in [2.05, 4.69) is 11.9 Å². The molecule has 2 bridgehead atoms. The molecule has 0 aromatic carbocycles. The van der Waals surface area contributed by atoms with Gasteiger partial charge in [0, 0.05) is 25.6 Å². The number of nitrogens with zero attached hydrogens (tertiary/aromatic N) is 1. The predicted octanol–water partition coefficient (Wildman–Crippen LogP) is 1.75. The fourth-order valence-corrected chi connectivity index (χ4v) is 4.40. The first kappa shape index (κ1) is 12.9. The van der Waals surface area contributed by atoms with Gasteiger partial charge in [-0.25, -0.2) is 0 Å². The molecule has 1 heterocycles. The highest BCUT2D eigenvalue weighted by molar-refractivity contribution is 4.91. The van der Waals surface area contributed by atoms with Crippen LogP contribution >= 0.6 is 0 Å². The van der Waals surface area contributed by atoms with Gasteiger partial charge < -0.3 is 14.7 Å². The second kappa shape index (κ2) is 5.48. The maximum atomic E-state index is 10.2. The molecular formula is C15H27NO2. The largest absolute Gasteiger partial charge is 0.391 e. The van der Waals surface area contributed by atoms with Gasteiger partial charge in [-0.3, -0.25) is 0 Å². The van der Waals surface area contributed by atoms with E-state index in [1.165, 1.54) is 32.2 Å². The lowest BCUT2D eigenvalue weighted by Crippen LogP contribution is -2.38. The monoisotopic (exact) mass is 253 g/mol. The molecule has 5 atom stereocenters. The zero-order valence-electron chi connectivity index (χ0n) is 11.6. The minimum atomic E-state index is -0.198. The number of aliphatic hydroxyl groups excluding tert-OH is 1. The third-order valence-electron chi connectivity index (χ3n) is 5.44. The highest BCUT2D eigenvalue weighted by Gasteiger charge is 2.39. The first-order chi connectivity index (χ1) is 8.72. The Bertz CT molecular complexity index is 278. The van der Waals surface area contributed by atoms with Crippen molar-refractivity contribution < 1.29 is 9.84 Å². The summed E-state index contributed by atoms with van der Waals surface area (Å²) in [6.07, 6.45) is 6.70. The summed E-state index contributed by atoms with van der Waals surface area (Å²) in [7, 11) is 2.17. The van der Waals surface area contributed by atoms with Crippen LogP contribution in [0, 0.1) is 23.7 Å². The van der Waals surface area contributed by atoms with E-state index in [1.807, 2.05) is 0 Å². The first-order valence-electron chi connectivity index (χ1n) is 7.66. The quantitative estimate of drug-likeness (QED) is 0.810. The summed E-state index contributed by atoms with van der Waals surface area (Å²) in [6.45, 7) is 3.59. The van der Waals surface area contributed by atoms with Crippen LogP contribution in [0.25, 0.3) is 0 Å². The fraction of sp³-hybridized carbons (Fsp3) is 1.00. The van der Waals surface area contributed by atoms with Crippen LogP contribution in [0.1, 0.15) is 32.1 Å². The predicted molar refractivity (Wildman–Crippen MR) is 71.4 cm³/mol. The average molecular weight is 253 g/mol. The maximum absolute atomic E-state index is 10.2. The minimum absolute atomic E-state index is 0.198. The van der Waals surface area contributed by atoms with Crippen molar-refractivity contribution in [3.8, 4) is 0 Å². The van der Waals surface area contributed by atoms with E-state index in [9.17, 15) is 5.11 Å². The Morgan fingerprint density at radius 3 is 2.78 bits per heavy atom. The Labute approximate surface area is 110 Å². The van der Waals surface area contributed by atoms with E-state index < -0.39 is 0 Å². The van der Waals surface area contributed by atoms with E-state index in [-0.39, 0.29) is 6.10 Å². The number of likely N-dealkylation sites (N-methyl/N-ethyl adjacent to an activating group) is 1. The van der Waals surface area contributed by atoms with E-state index >= 15 is 0 Å². The van der Waals surface area contributed by atoms with Crippen LogP contribution in [0.5, 0.6) is 0 Å². The summed E-state index contributed by atoms with van der Waals surface area (Å²) in [5, 5.41) is 10.2. The number of ether oxygens (including phenoxy) is 1. The van der Waals surface area contributed by atoms with Gasteiger partial charge in [-0.05, 0) is 50.5 Å². The molecule has 0 aromatic rings. The molecule has 1 aliphatic heterocycles. The molecule has 2 saturated carbocycles. The molecular weight excluding hydrogens is 226 g/mol. The number of rotatable bonds is 5. The molecule has 104 valence electrons. The summed E-state index contributed by atoms with van der Waals surface area (Å²) in [4.78, 5) is 2.36. The Balaban J connectivity index is 1.42. The van der Waals surface area contributed by atoms with Crippen molar-refractivity contribution in [2.24, 2.45) is 23.7 Å². The Morgan fingerprint density at radius 1 is 1.28 bits per heavy atom. The number of fused-ring (bicyclic) bond motifs is 2. The molecule has 0 aromatic heterocycles. The molecule has 0 radical (unpaired) electrons. The smallest absolute Gasteiger partial charge is 0.0717 e. The van der Waals surface area contributed by atoms with E-state index in [0.29, 0.717) is 5.92 Å². The van der Waals surface area contributed by atoms with E-state index in [0.717, 1.165) is 43.9 Å². The summed E-state index contributed by atoms with van der Waals surface area (Å²) < 4.78 is 5.35.